The fourth-order valence-electron chi connectivity index (χ4n) is 3.21. The molecule has 5 nitrogen and oxygen atoms in total. The lowest BCUT2D eigenvalue weighted by Gasteiger charge is -2.29. The molecule has 2 aromatic carbocycles. The summed E-state index contributed by atoms with van der Waals surface area (Å²) in [4.78, 5) is 27.0. The Labute approximate surface area is 191 Å². The summed E-state index contributed by atoms with van der Waals surface area (Å²) in [5, 5.41) is 2.85. The van der Waals surface area contributed by atoms with Crippen LogP contribution in [0.2, 0.25) is 0 Å². The fraction of sp³-hybridized carbons (Fsp3) is 0.462. The van der Waals surface area contributed by atoms with Crippen molar-refractivity contribution >= 4 is 11.8 Å². The number of hydrogen-bond acceptors (Lipinski definition) is 3. The van der Waals surface area contributed by atoms with E-state index in [1.165, 1.54) is 11.0 Å². The molecule has 32 heavy (non-hydrogen) atoms. The molecule has 0 aliphatic heterocycles. The Kier molecular flexibility index (Phi) is 9.24. The molecule has 1 unspecified atom stereocenters. The van der Waals surface area contributed by atoms with Crippen molar-refractivity contribution in [2.75, 3.05) is 13.2 Å². The van der Waals surface area contributed by atoms with E-state index < -0.39 is 11.9 Å². The first-order chi connectivity index (χ1) is 15.1. The van der Waals surface area contributed by atoms with Crippen molar-refractivity contribution in [1.29, 1.82) is 0 Å². The quantitative estimate of drug-likeness (QED) is 0.536. The number of carbonyl (C=O) groups excluding carboxylic acids is 2. The monoisotopic (exact) mass is 442 g/mol. The average Bonchev–Trinajstić information content (AvgIpc) is 2.76. The first-order valence-electron chi connectivity index (χ1n) is 11.2. The molecule has 0 saturated carbocycles. The van der Waals surface area contributed by atoms with E-state index >= 15 is 0 Å². The maximum absolute atomic E-state index is 14.2. The molecule has 2 aromatic rings. The predicted molar refractivity (Wildman–Crippen MR) is 125 cm³/mol. The molecule has 174 valence electrons. The Morgan fingerprint density at radius 1 is 1.09 bits per heavy atom. The molecular formula is C26H35FN2O3. The van der Waals surface area contributed by atoms with Gasteiger partial charge >= 0.3 is 0 Å². The smallest absolute Gasteiger partial charge is 0.261 e. The van der Waals surface area contributed by atoms with Crippen LogP contribution >= 0.6 is 0 Å². The Hall–Kier alpha value is -2.89. The van der Waals surface area contributed by atoms with Gasteiger partial charge in [0.15, 0.2) is 6.61 Å². The van der Waals surface area contributed by atoms with E-state index in [4.69, 9.17) is 4.74 Å². The Balaban J connectivity index is 2.12. The second kappa shape index (κ2) is 11.7. The van der Waals surface area contributed by atoms with Crippen LogP contribution < -0.4 is 10.1 Å². The highest BCUT2D eigenvalue weighted by atomic mass is 19.1. The van der Waals surface area contributed by atoms with Crippen molar-refractivity contribution in [3.8, 4) is 5.75 Å². The molecule has 0 heterocycles. The maximum Gasteiger partial charge on any atom is 0.261 e. The van der Waals surface area contributed by atoms with E-state index in [0.29, 0.717) is 17.9 Å². The first-order valence-corrected chi connectivity index (χ1v) is 11.2. The number of nitrogens with zero attached hydrogens (tertiary/aromatic N) is 1. The maximum atomic E-state index is 14.2. The molecule has 2 rings (SSSR count). The molecule has 1 N–H and O–H groups in total. The van der Waals surface area contributed by atoms with Gasteiger partial charge in [0.1, 0.15) is 17.6 Å². The third kappa shape index (κ3) is 7.36. The topological polar surface area (TPSA) is 58.6 Å². The molecule has 2 amide bonds. The van der Waals surface area contributed by atoms with Crippen molar-refractivity contribution < 1.29 is 18.7 Å². The highest BCUT2D eigenvalue weighted by Crippen LogP contribution is 2.24. The van der Waals surface area contributed by atoms with E-state index in [1.54, 1.807) is 25.1 Å². The normalized spacial score (nSPS) is 12.2. The summed E-state index contributed by atoms with van der Waals surface area (Å²) >= 11 is 0. The van der Waals surface area contributed by atoms with E-state index in [9.17, 15) is 14.0 Å². The van der Waals surface area contributed by atoms with E-state index in [2.05, 4.69) is 26.1 Å². The zero-order valence-corrected chi connectivity index (χ0v) is 19.8. The molecule has 0 aliphatic rings. The van der Waals surface area contributed by atoms with Gasteiger partial charge in [0, 0.05) is 18.7 Å². The van der Waals surface area contributed by atoms with Gasteiger partial charge in [-0.15, -0.1) is 0 Å². The van der Waals surface area contributed by atoms with Crippen LogP contribution in [0, 0.1) is 5.82 Å². The number of amides is 2. The second-order valence-corrected chi connectivity index (χ2v) is 9.00. The third-order valence-corrected chi connectivity index (χ3v) is 5.38. The third-order valence-electron chi connectivity index (χ3n) is 5.38. The predicted octanol–water partition coefficient (Wildman–Crippen LogP) is 4.84. The standard InChI is InChI=1S/C26H35FN2O3/c1-6-7-16-28-25(31)19(2)29(17-20-10-8-9-11-23(20)27)24(30)18-32-22-14-12-21(13-15-22)26(3,4)5/h8-15,19H,6-7,16-18H2,1-5H3,(H,28,31). The van der Waals surface area contributed by atoms with Crippen LogP contribution in [0.4, 0.5) is 4.39 Å². The molecule has 0 saturated heterocycles. The van der Waals surface area contributed by atoms with E-state index in [1.807, 2.05) is 31.2 Å². The highest BCUT2D eigenvalue weighted by molar-refractivity contribution is 5.87. The van der Waals surface area contributed by atoms with E-state index in [-0.39, 0.29) is 30.4 Å². The molecule has 0 bridgehead atoms. The number of carbonyl (C=O) groups is 2. The molecule has 0 radical (unpaired) electrons. The van der Waals surface area contributed by atoms with Crippen LogP contribution in [-0.2, 0) is 21.5 Å². The molecule has 0 aromatic heterocycles. The van der Waals surface area contributed by atoms with Crippen LogP contribution in [0.3, 0.4) is 0 Å². The summed E-state index contributed by atoms with van der Waals surface area (Å²) in [5.41, 5.74) is 1.53. The van der Waals surface area contributed by atoms with Crippen LogP contribution in [-0.4, -0.2) is 35.9 Å². The molecule has 0 fully saturated rings. The van der Waals surface area contributed by atoms with Gasteiger partial charge in [-0.05, 0) is 42.5 Å². The second-order valence-electron chi connectivity index (χ2n) is 9.00. The summed E-state index contributed by atoms with van der Waals surface area (Å²) in [6, 6.07) is 13.1. The summed E-state index contributed by atoms with van der Waals surface area (Å²) in [7, 11) is 0. The van der Waals surface area contributed by atoms with Crippen molar-refractivity contribution in [3.05, 3.63) is 65.5 Å². The van der Waals surface area contributed by atoms with Gasteiger partial charge in [-0.3, -0.25) is 9.59 Å². The molecule has 6 heteroatoms. The summed E-state index contributed by atoms with van der Waals surface area (Å²) in [6.45, 7) is 10.3. The average molecular weight is 443 g/mol. The molecule has 1 atom stereocenters. The Morgan fingerprint density at radius 2 is 1.75 bits per heavy atom. The van der Waals surface area contributed by atoms with Crippen molar-refractivity contribution in [1.82, 2.24) is 10.2 Å². The van der Waals surface area contributed by atoms with E-state index in [0.717, 1.165) is 18.4 Å². The number of benzene rings is 2. The van der Waals surface area contributed by atoms with Crippen LogP contribution in [0.5, 0.6) is 5.75 Å². The zero-order valence-electron chi connectivity index (χ0n) is 19.8. The number of halogens is 1. The lowest BCUT2D eigenvalue weighted by atomic mass is 9.87. The lowest BCUT2D eigenvalue weighted by Crippen LogP contribution is -2.49. The van der Waals surface area contributed by atoms with Gasteiger partial charge in [-0.2, -0.15) is 0 Å². The zero-order chi connectivity index (χ0) is 23.7. The fourth-order valence-corrected chi connectivity index (χ4v) is 3.21. The van der Waals surface area contributed by atoms with Gasteiger partial charge in [0.05, 0.1) is 0 Å². The van der Waals surface area contributed by atoms with Crippen molar-refractivity contribution in [2.24, 2.45) is 0 Å². The number of unbranched alkanes of at least 4 members (excludes halogenated alkanes) is 1. The summed E-state index contributed by atoms with van der Waals surface area (Å²) in [5.74, 6) is -0.496. The van der Waals surface area contributed by atoms with Gasteiger partial charge in [-0.1, -0.05) is 64.4 Å². The van der Waals surface area contributed by atoms with Gasteiger partial charge in [0.25, 0.3) is 5.91 Å². The molecular weight excluding hydrogens is 407 g/mol. The van der Waals surface area contributed by atoms with Crippen molar-refractivity contribution in [3.63, 3.8) is 0 Å². The van der Waals surface area contributed by atoms with Gasteiger partial charge < -0.3 is 15.0 Å². The van der Waals surface area contributed by atoms with Crippen LogP contribution in [0.15, 0.2) is 48.5 Å². The number of hydrogen-bond donors (Lipinski definition) is 1. The SMILES string of the molecule is CCCCNC(=O)C(C)N(Cc1ccccc1F)C(=O)COc1ccc(C(C)(C)C)cc1. The van der Waals surface area contributed by atoms with Crippen LogP contribution in [0.1, 0.15) is 58.6 Å². The minimum atomic E-state index is -0.758. The number of rotatable bonds is 10. The Morgan fingerprint density at radius 3 is 2.34 bits per heavy atom. The molecule has 0 spiro atoms. The minimum absolute atomic E-state index is 0.0137. The van der Waals surface area contributed by atoms with Crippen LogP contribution in [0.25, 0.3) is 0 Å². The highest BCUT2D eigenvalue weighted by Gasteiger charge is 2.27. The Bertz CT molecular complexity index is 891. The first kappa shape index (κ1) is 25.4. The minimum Gasteiger partial charge on any atom is -0.484 e. The van der Waals surface area contributed by atoms with Gasteiger partial charge in [-0.25, -0.2) is 4.39 Å². The largest absolute Gasteiger partial charge is 0.484 e. The number of nitrogens with one attached hydrogen (secondary N) is 1. The van der Waals surface area contributed by atoms with Gasteiger partial charge in [0.2, 0.25) is 5.91 Å². The number of ether oxygens (including phenoxy) is 1. The summed E-state index contributed by atoms with van der Waals surface area (Å²) < 4.78 is 19.9. The van der Waals surface area contributed by atoms with Crippen molar-refractivity contribution in [2.45, 2.75) is 65.5 Å². The summed E-state index contributed by atoms with van der Waals surface area (Å²) in [6.07, 6.45) is 1.81. The molecule has 0 aliphatic carbocycles. The lowest BCUT2D eigenvalue weighted by molar-refractivity contribution is -0.142.